The molecular weight excluding hydrogens is 242 g/mol. The maximum absolute atomic E-state index is 11.4. The Labute approximate surface area is 112 Å². The van der Waals surface area contributed by atoms with Gasteiger partial charge in [0, 0.05) is 0 Å². The number of rotatable bonds is 2. The van der Waals surface area contributed by atoms with Gasteiger partial charge >= 0.3 is 0 Å². The van der Waals surface area contributed by atoms with Gasteiger partial charge in [-0.1, -0.05) is 19.4 Å². The van der Waals surface area contributed by atoms with Crippen molar-refractivity contribution >= 4 is 11.7 Å². The van der Waals surface area contributed by atoms with E-state index in [-0.39, 0.29) is 16.9 Å². The number of H-pyrrole nitrogens is 1. The van der Waals surface area contributed by atoms with Crippen molar-refractivity contribution in [1.29, 1.82) is 0 Å². The Balaban J connectivity index is 2.16. The number of hydrogen-bond donors (Lipinski definition) is 2. The van der Waals surface area contributed by atoms with Crippen LogP contribution in [0.4, 0.5) is 5.95 Å². The van der Waals surface area contributed by atoms with Crippen LogP contribution in [0.2, 0.25) is 0 Å². The molecule has 0 fully saturated rings. The van der Waals surface area contributed by atoms with Crippen LogP contribution < -0.4 is 11.0 Å². The van der Waals surface area contributed by atoms with E-state index in [1.807, 2.05) is 0 Å². The topological polar surface area (TPSA) is 83.0 Å². The highest BCUT2D eigenvalue weighted by atomic mass is 16.1. The van der Waals surface area contributed by atoms with Crippen LogP contribution in [0.25, 0.3) is 0 Å². The van der Waals surface area contributed by atoms with Gasteiger partial charge in [-0.05, 0) is 38.2 Å². The normalized spacial score (nSPS) is 20.2. The minimum atomic E-state index is -0.256. The minimum absolute atomic E-state index is 0.214. The molecule has 0 bridgehead atoms. The molecule has 1 heterocycles. The monoisotopic (exact) mass is 261 g/mol. The molecule has 0 aliphatic heterocycles. The molecule has 1 aliphatic carbocycles. The summed E-state index contributed by atoms with van der Waals surface area (Å²) in [5, 5.41) is 11.9. The first-order valence-electron chi connectivity index (χ1n) is 6.29. The van der Waals surface area contributed by atoms with E-state index < -0.39 is 0 Å². The van der Waals surface area contributed by atoms with Crippen LogP contribution in [0.3, 0.4) is 0 Å². The van der Waals surface area contributed by atoms with Gasteiger partial charge in [-0.2, -0.15) is 5.10 Å². The molecule has 0 radical (unpaired) electrons. The minimum Gasteiger partial charge on any atom is -0.288 e. The van der Waals surface area contributed by atoms with Crippen LogP contribution in [0.15, 0.2) is 21.5 Å². The van der Waals surface area contributed by atoms with Gasteiger partial charge in [0.05, 0.1) is 5.71 Å². The molecule has 1 aliphatic rings. The molecule has 102 valence electrons. The smallest absolute Gasteiger partial charge is 0.274 e. The van der Waals surface area contributed by atoms with Crippen LogP contribution >= 0.6 is 0 Å². The number of aromatic nitrogens is 3. The summed E-state index contributed by atoms with van der Waals surface area (Å²) in [7, 11) is 0. The Morgan fingerprint density at radius 2 is 2.05 bits per heavy atom. The molecule has 0 spiro atoms. The van der Waals surface area contributed by atoms with Crippen LogP contribution in [-0.4, -0.2) is 20.9 Å². The number of nitrogens with one attached hydrogen (secondary N) is 2. The third-order valence-corrected chi connectivity index (χ3v) is 3.00. The molecule has 6 nitrogen and oxygen atoms in total. The first-order chi connectivity index (χ1) is 8.85. The lowest BCUT2D eigenvalue weighted by Gasteiger charge is -2.29. The van der Waals surface area contributed by atoms with Gasteiger partial charge in [0.1, 0.15) is 5.69 Å². The molecule has 1 aromatic rings. The number of anilines is 1. The van der Waals surface area contributed by atoms with Gasteiger partial charge in [0.25, 0.3) is 5.56 Å². The molecule has 0 atom stereocenters. The van der Waals surface area contributed by atoms with Gasteiger partial charge in [-0.25, -0.2) is 5.43 Å². The zero-order chi connectivity index (χ0) is 14.0. The van der Waals surface area contributed by atoms with Crippen molar-refractivity contribution in [2.75, 3.05) is 5.43 Å². The lowest BCUT2D eigenvalue weighted by Crippen LogP contribution is -2.22. The number of allylic oxidation sites excluding steroid dienone is 2. The molecular formula is C13H19N5O. The second kappa shape index (κ2) is 4.95. The molecule has 2 N–H and O–H groups in total. The van der Waals surface area contributed by atoms with E-state index >= 15 is 0 Å². The number of aryl methyl sites for hydroxylation is 1. The Kier molecular flexibility index (Phi) is 3.50. The van der Waals surface area contributed by atoms with E-state index in [1.54, 1.807) is 6.92 Å². The molecule has 0 unspecified atom stereocenters. The third-order valence-electron chi connectivity index (χ3n) is 3.00. The second-order valence-electron chi connectivity index (χ2n) is 5.81. The van der Waals surface area contributed by atoms with E-state index in [2.05, 4.69) is 52.6 Å². The summed E-state index contributed by atoms with van der Waals surface area (Å²) in [5.41, 5.74) is 5.31. The van der Waals surface area contributed by atoms with E-state index in [0.717, 1.165) is 18.6 Å². The number of aromatic amines is 1. The second-order valence-corrected chi connectivity index (χ2v) is 5.81. The van der Waals surface area contributed by atoms with Gasteiger partial charge in [0.2, 0.25) is 5.95 Å². The predicted molar refractivity (Wildman–Crippen MR) is 75.2 cm³/mol. The fourth-order valence-electron chi connectivity index (χ4n) is 2.33. The summed E-state index contributed by atoms with van der Waals surface area (Å²) in [6.07, 6.45) is 4.03. The summed E-state index contributed by atoms with van der Waals surface area (Å²) in [6.45, 7) is 8.14. The highest BCUT2D eigenvalue weighted by Gasteiger charge is 2.24. The standard InChI is InChI=1S/C13H19N5O/c1-8-5-10(7-13(3,4)6-8)16-18-12-14-11(19)9(2)15-17-12/h5H,6-7H2,1-4H3,(H2,14,17,18,19)/b16-10-. The average molecular weight is 261 g/mol. The summed E-state index contributed by atoms with van der Waals surface area (Å²) >= 11 is 0. The Hall–Kier alpha value is -1.98. The van der Waals surface area contributed by atoms with Gasteiger partial charge < -0.3 is 0 Å². The Morgan fingerprint density at radius 3 is 2.68 bits per heavy atom. The predicted octanol–water partition coefficient (Wildman–Crippen LogP) is 2.01. The van der Waals surface area contributed by atoms with Crippen molar-refractivity contribution in [1.82, 2.24) is 15.2 Å². The quantitative estimate of drug-likeness (QED) is 0.798. The summed E-state index contributed by atoms with van der Waals surface area (Å²) in [6, 6.07) is 0. The highest BCUT2D eigenvalue weighted by Crippen LogP contribution is 2.33. The van der Waals surface area contributed by atoms with Gasteiger partial charge in [-0.15, -0.1) is 10.2 Å². The van der Waals surface area contributed by atoms with Crippen LogP contribution in [0.5, 0.6) is 0 Å². The molecule has 0 aromatic carbocycles. The zero-order valence-electron chi connectivity index (χ0n) is 11.7. The van der Waals surface area contributed by atoms with Gasteiger partial charge in [-0.3, -0.25) is 9.78 Å². The highest BCUT2D eigenvalue weighted by molar-refractivity contribution is 5.97. The van der Waals surface area contributed by atoms with Gasteiger partial charge in [0.15, 0.2) is 0 Å². The maximum Gasteiger partial charge on any atom is 0.274 e. The van der Waals surface area contributed by atoms with Crippen molar-refractivity contribution < 1.29 is 0 Å². The summed E-state index contributed by atoms with van der Waals surface area (Å²) in [5.74, 6) is 0.262. The van der Waals surface area contributed by atoms with Crippen molar-refractivity contribution in [3.8, 4) is 0 Å². The lowest BCUT2D eigenvalue weighted by atomic mass is 9.77. The zero-order valence-corrected chi connectivity index (χ0v) is 11.7. The van der Waals surface area contributed by atoms with Crippen LogP contribution in [-0.2, 0) is 0 Å². The molecule has 0 amide bonds. The third kappa shape index (κ3) is 3.49. The van der Waals surface area contributed by atoms with E-state index in [1.165, 1.54) is 5.57 Å². The Bertz CT molecular complexity index is 597. The number of hydrazone groups is 1. The lowest BCUT2D eigenvalue weighted by molar-refractivity contribution is 0.373. The van der Waals surface area contributed by atoms with E-state index in [9.17, 15) is 4.79 Å². The molecule has 0 saturated heterocycles. The van der Waals surface area contributed by atoms with Crippen molar-refractivity contribution in [2.24, 2.45) is 10.5 Å². The van der Waals surface area contributed by atoms with Crippen molar-refractivity contribution in [3.05, 3.63) is 27.7 Å². The fourth-order valence-corrected chi connectivity index (χ4v) is 2.33. The molecule has 1 aromatic heterocycles. The summed E-state index contributed by atoms with van der Waals surface area (Å²) in [4.78, 5) is 14.0. The van der Waals surface area contributed by atoms with Crippen LogP contribution in [0, 0.1) is 12.3 Å². The molecule has 19 heavy (non-hydrogen) atoms. The average Bonchev–Trinajstić information content (AvgIpc) is 2.28. The number of hydrogen-bond acceptors (Lipinski definition) is 5. The fraction of sp³-hybridized carbons (Fsp3) is 0.538. The number of nitrogens with zero attached hydrogens (tertiary/aromatic N) is 3. The van der Waals surface area contributed by atoms with E-state index in [0.29, 0.717) is 5.69 Å². The molecule has 0 saturated carbocycles. The first-order valence-corrected chi connectivity index (χ1v) is 6.29. The van der Waals surface area contributed by atoms with E-state index in [4.69, 9.17) is 0 Å². The van der Waals surface area contributed by atoms with Crippen LogP contribution in [0.1, 0.15) is 39.3 Å². The SMILES string of the molecule is CC1=C/C(=N/Nc2nnc(C)c(=O)[nH]2)CC(C)(C)C1. The Morgan fingerprint density at radius 1 is 1.32 bits per heavy atom. The maximum atomic E-state index is 11.4. The first kappa shape index (κ1) is 13.5. The molecule has 6 heteroatoms. The summed E-state index contributed by atoms with van der Waals surface area (Å²) < 4.78 is 0. The largest absolute Gasteiger partial charge is 0.288 e. The van der Waals surface area contributed by atoms with Crippen molar-refractivity contribution in [2.45, 2.75) is 40.5 Å². The van der Waals surface area contributed by atoms with Crippen molar-refractivity contribution in [3.63, 3.8) is 0 Å². The molecule has 2 rings (SSSR count).